The number of nitrogens with zero attached hydrogens (tertiary/aromatic N) is 1. The molecule has 1 aromatic heterocycles. The molecule has 1 amide bonds. The van der Waals surface area contributed by atoms with Crippen molar-refractivity contribution in [3.8, 4) is 0 Å². The minimum Gasteiger partial charge on any atom is -0.394 e. The lowest BCUT2D eigenvalue weighted by Crippen LogP contribution is -2.41. The minimum atomic E-state index is -0.225. The number of carbonyl (C=O) groups is 1. The molecule has 2 N–H and O–H groups in total. The van der Waals surface area contributed by atoms with Crippen molar-refractivity contribution in [3.05, 3.63) is 23.9 Å². The highest BCUT2D eigenvalue weighted by Crippen LogP contribution is 2.17. The quantitative estimate of drug-likeness (QED) is 0.783. The molecule has 5 heteroatoms. The second-order valence-corrected chi connectivity index (χ2v) is 4.86. The van der Waals surface area contributed by atoms with Gasteiger partial charge in [-0.1, -0.05) is 13.8 Å². The molecule has 1 rings (SSSR count). The maximum Gasteiger partial charge on any atom is 0.254 e. The Balaban J connectivity index is 2.82. The first-order valence-electron chi connectivity index (χ1n) is 5.50. The van der Waals surface area contributed by atoms with Crippen molar-refractivity contribution in [3.63, 3.8) is 0 Å². The third-order valence-corrected chi connectivity index (χ3v) is 3.24. The van der Waals surface area contributed by atoms with Crippen LogP contribution in [0.4, 0.5) is 0 Å². The lowest BCUT2D eigenvalue weighted by molar-refractivity contribution is 0.0893. The molecule has 0 unspecified atom stereocenters. The molecular formula is C12H18N2O2S. The Morgan fingerprint density at radius 2 is 2.29 bits per heavy atom. The largest absolute Gasteiger partial charge is 0.394 e. The summed E-state index contributed by atoms with van der Waals surface area (Å²) in [5.41, 5.74) is 0.555. The maximum absolute atomic E-state index is 12.0. The second-order valence-electron chi connectivity index (χ2n) is 4.07. The second kappa shape index (κ2) is 6.61. The van der Waals surface area contributed by atoms with Gasteiger partial charge in [-0.05, 0) is 24.3 Å². The predicted octanol–water partition coefficient (Wildman–Crippen LogP) is 1.55. The fourth-order valence-electron chi connectivity index (χ4n) is 1.40. The summed E-state index contributed by atoms with van der Waals surface area (Å²) in [6.45, 7) is 3.86. The third kappa shape index (κ3) is 3.71. The monoisotopic (exact) mass is 254 g/mol. The standard InChI is InChI=1S/C12H18N2O2S/c1-8(2)10(7-15)14-11(16)9-5-4-6-13-12(9)17-3/h4-6,8,10,15H,7H2,1-3H3,(H,14,16)/t10-/m1/s1. The van der Waals surface area contributed by atoms with E-state index in [1.54, 1.807) is 18.3 Å². The highest BCUT2D eigenvalue weighted by atomic mass is 32.2. The molecule has 0 spiro atoms. The molecule has 17 heavy (non-hydrogen) atoms. The zero-order valence-corrected chi connectivity index (χ0v) is 11.1. The van der Waals surface area contributed by atoms with Crippen LogP contribution in [0.25, 0.3) is 0 Å². The van der Waals surface area contributed by atoms with Crippen molar-refractivity contribution in [1.29, 1.82) is 0 Å². The minimum absolute atomic E-state index is 0.0573. The number of aliphatic hydroxyl groups excluding tert-OH is 1. The number of nitrogens with one attached hydrogen (secondary N) is 1. The van der Waals surface area contributed by atoms with Crippen LogP contribution >= 0.6 is 11.8 Å². The predicted molar refractivity (Wildman–Crippen MR) is 69.2 cm³/mol. The summed E-state index contributed by atoms with van der Waals surface area (Å²) in [6, 6.07) is 3.25. The van der Waals surface area contributed by atoms with E-state index in [1.807, 2.05) is 20.1 Å². The number of hydrogen-bond donors (Lipinski definition) is 2. The van der Waals surface area contributed by atoms with Crippen molar-refractivity contribution in [2.75, 3.05) is 12.9 Å². The smallest absolute Gasteiger partial charge is 0.254 e. The zero-order valence-electron chi connectivity index (χ0n) is 10.3. The zero-order chi connectivity index (χ0) is 12.8. The van der Waals surface area contributed by atoms with E-state index in [9.17, 15) is 9.90 Å². The Morgan fingerprint density at radius 1 is 1.59 bits per heavy atom. The van der Waals surface area contributed by atoms with E-state index in [-0.39, 0.29) is 24.5 Å². The first-order valence-corrected chi connectivity index (χ1v) is 6.73. The Bertz CT molecular complexity index is 383. The normalized spacial score (nSPS) is 12.5. The molecule has 4 nitrogen and oxygen atoms in total. The average Bonchev–Trinajstić information content (AvgIpc) is 2.35. The van der Waals surface area contributed by atoms with Gasteiger partial charge >= 0.3 is 0 Å². The molecule has 0 radical (unpaired) electrons. The van der Waals surface area contributed by atoms with Gasteiger partial charge in [-0.15, -0.1) is 11.8 Å². The van der Waals surface area contributed by atoms with Crippen molar-refractivity contribution in [2.45, 2.75) is 24.9 Å². The van der Waals surface area contributed by atoms with E-state index in [2.05, 4.69) is 10.3 Å². The SMILES string of the molecule is CSc1ncccc1C(=O)N[C@H](CO)C(C)C. The van der Waals surface area contributed by atoms with Crippen LogP contribution in [-0.2, 0) is 0 Å². The van der Waals surface area contributed by atoms with Gasteiger partial charge in [0.1, 0.15) is 5.03 Å². The lowest BCUT2D eigenvalue weighted by atomic mass is 10.1. The van der Waals surface area contributed by atoms with Crippen LogP contribution in [0.3, 0.4) is 0 Å². The number of thioether (sulfide) groups is 1. The first-order chi connectivity index (χ1) is 8.10. The number of rotatable bonds is 5. The van der Waals surface area contributed by atoms with Crippen molar-refractivity contribution < 1.29 is 9.90 Å². The molecule has 0 aliphatic heterocycles. The maximum atomic E-state index is 12.0. The highest BCUT2D eigenvalue weighted by Gasteiger charge is 2.18. The molecule has 0 fully saturated rings. The number of aromatic nitrogens is 1. The van der Waals surface area contributed by atoms with Gasteiger partial charge in [-0.2, -0.15) is 0 Å². The Kier molecular flexibility index (Phi) is 5.44. The van der Waals surface area contributed by atoms with Crippen molar-refractivity contribution >= 4 is 17.7 Å². The lowest BCUT2D eigenvalue weighted by Gasteiger charge is -2.20. The Labute approximate surface area is 106 Å². The summed E-state index contributed by atoms with van der Waals surface area (Å²) < 4.78 is 0. The van der Waals surface area contributed by atoms with Gasteiger partial charge in [0.2, 0.25) is 0 Å². The van der Waals surface area contributed by atoms with Gasteiger partial charge in [0, 0.05) is 6.20 Å². The number of aliphatic hydroxyl groups is 1. The fraction of sp³-hybridized carbons (Fsp3) is 0.500. The van der Waals surface area contributed by atoms with Crippen LogP contribution in [0.15, 0.2) is 23.4 Å². The number of hydrogen-bond acceptors (Lipinski definition) is 4. The summed E-state index contributed by atoms with van der Waals surface area (Å²) in [5.74, 6) is 0.00792. The van der Waals surface area contributed by atoms with Crippen LogP contribution in [0.1, 0.15) is 24.2 Å². The summed E-state index contributed by atoms with van der Waals surface area (Å²) in [6.07, 6.45) is 3.54. The van der Waals surface area contributed by atoms with Gasteiger partial charge in [0.15, 0.2) is 0 Å². The number of amides is 1. The number of carbonyl (C=O) groups excluding carboxylic acids is 1. The summed E-state index contributed by atoms with van der Waals surface area (Å²) in [5, 5.41) is 12.7. The van der Waals surface area contributed by atoms with E-state index in [1.165, 1.54) is 11.8 Å². The molecule has 0 bridgehead atoms. The van der Waals surface area contributed by atoms with E-state index in [0.717, 1.165) is 0 Å². The van der Waals surface area contributed by atoms with E-state index in [0.29, 0.717) is 10.6 Å². The van der Waals surface area contributed by atoms with Gasteiger partial charge in [-0.3, -0.25) is 4.79 Å². The van der Waals surface area contributed by atoms with E-state index < -0.39 is 0 Å². The summed E-state index contributed by atoms with van der Waals surface area (Å²) >= 11 is 1.43. The summed E-state index contributed by atoms with van der Waals surface area (Å²) in [4.78, 5) is 16.2. The van der Waals surface area contributed by atoms with Gasteiger partial charge in [0.25, 0.3) is 5.91 Å². The molecule has 0 saturated carbocycles. The molecular weight excluding hydrogens is 236 g/mol. The Hall–Kier alpha value is -1.07. The van der Waals surface area contributed by atoms with Gasteiger partial charge in [-0.25, -0.2) is 4.98 Å². The molecule has 0 aromatic carbocycles. The molecule has 1 atom stereocenters. The number of pyridine rings is 1. The van der Waals surface area contributed by atoms with Crippen LogP contribution < -0.4 is 5.32 Å². The molecule has 0 aliphatic carbocycles. The van der Waals surface area contributed by atoms with Gasteiger partial charge in [0.05, 0.1) is 18.2 Å². The molecule has 1 heterocycles. The summed E-state index contributed by atoms with van der Waals surface area (Å²) in [7, 11) is 0. The fourth-order valence-corrected chi connectivity index (χ4v) is 1.94. The topological polar surface area (TPSA) is 62.2 Å². The molecule has 1 aromatic rings. The van der Waals surface area contributed by atoms with Crippen LogP contribution in [0.5, 0.6) is 0 Å². The molecule has 0 aliphatic rings. The van der Waals surface area contributed by atoms with Gasteiger partial charge < -0.3 is 10.4 Å². The highest BCUT2D eigenvalue weighted by molar-refractivity contribution is 7.98. The molecule has 94 valence electrons. The van der Waals surface area contributed by atoms with Crippen LogP contribution in [-0.4, -0.2) is 34.9 Å². The van der Waals surface area contributed by atoms with E-state index >= 15 is 0 Å². The Morgan fingerprint density at radius 3 is 2.82 bits per heavy atom. The molecule has 0 saturated heterocycles. The first kappa shape index (κ1) is 14.0. The van der Waals surface area contributed by atoms with Crippen molar-refractivity contribution in [2.24, 2.45) is 5.92 Å². The third-order valence-electron chi connectivity index (χ3n) is 2.53. The van der Waals surface area contributed by atoms with Crippen LogP contribution in [0.2, 0.25) is 0 Å². The van der Waals surface area contributed by atoms with Crippen molar-refractivity contribution in [1.82, 2.24) is 10.3 Å². The average molecular weight is 254 g/mol. The van der Waals surface area contributed by atoms with E-state index in [4.69, 9.17) is 0 Å². The van der Waals surface area contributed by atoms with Crippen LogP contribution in [0, 0.1) is 5.92 Å².